The Bertz CT molecular complexity index is 729. The van der Waals surface area contributed by atoms with Crippen molar-refractivity contribution in [3.63, 3.8) is 0 Å². The summed E-state index contributed by atoms with van der Waals surface area (Å²) in [4.78, 5) is 29.0. The normalized spacial score (nSPS) is 24.3. The standard InChI is InChI=1S/C19H28N4O3/c1-13-17(14(2)21(3)20-13)18(25)23-11-19(12-23)9-15(10-26-19)8-16(24)22-6-4-5-7-22/h15H,4-12H2,1-3H3. The summed E-state index contributed by atoms with van der Waals surface area (Å²) in [5.41, 5.74) is 2.14. The number of nitrogens with zero attached hydrogens (tertiary/aromatic N) is 4. The van der Waals surface area contributed by atoms with Crippen LogP contribution in [0, 0.1) is 19.8 Å². The number of hydrogen-bond acceptors (Lipinski definition) is 4. The van der Waals surface area contributed by atoms with E-state index in [0.717, 1.165) is 43.7 Å². The van der Waals surface area contributed by atoms with Crippen LogP contribution < -0.4 is 0 Å². The van der Waals surface area contributed by atoms with Gasteiger partial charge in [0.15, 0.2) is 0 Å². The number of hydrogen-bond donors (Lipinski definition) is 0. The zero-order valence-electron chi connectivity index (χ0n) is 16.0. The highest BCUT2D eigenvalue weighted by atomic mass is 16.5. The number of likely N-dealkylation sites (tertiary alicyclic amines) is 2. The van der Waals surface area contributed by atoms with Crippen LogP contribution >= 0.6 is 0 Å². The average molecular weight is 360 g/mol. The van der Waals surface area contributed by atoms with Gasteiger partial charge in [-0.1, -0.05) is 0 Å². The van der Waals surface area contributed by atoms with E-state index in [9.17, 15) is 9.59 Å². The van der Waals surface area contributed by atoms with Crippen molar-refractivity contribution in [1.29, 1.82) is 0 Å². The third-order valence-electron chi connectivity index (χ3n) is 6.18. The smallest absolute Gasteiger partial charge is 0.257 e. The first-order valence-corrected chi connectivity index (χ1v) is 9.60. The molecule has 3 aliphatic rings. The molecular weight excluding hydrogens is 332 g/mol. The van der Waals surface area contributed by atoms with Crippen LogP contribution in [0.3, 0.4) is 0 Å². The minimum absolute atomic E-state index is 0.0407. The highest BCUT2D eigenvalue weighted by Gasteiger charge is 2.52. The summed E-state index contributed by atoms with van der Waals surface area (Å²) in [6.07, 6.45) is 3.71. The third-order valence-corrected chi connectivity index (χ3v) is 6.18. The molecule has 4 rings (SSSR count). The quantitative estimate of drug-likeness (QED) is 0.814. The number of amides is 2. The summed E-state index contributed by atoms with van der Waals surface area (Å²) >= 11 is 0. The van der Waals surface area contributed by atoms with Gasteiger partial charge in [0.2, 0.25) is 5.91 Å². The summed E-state index contributed by atoms with van der Waals surface area (Å²) in [5, 5.41) is 4.34. The van der Waals surface area contributed by atoms with Crippen molar-refractivity contribution >= 4 is 11.8 Å². The molecule has 1 atom stereocenters. The van der Waals surface area contributed by atoms with Gasteiger partial charge in [0.25, 0.3) is 5.91 Å². The molecular formula is C19H28N4O3. The van der Waals surface area contributed by atoms with Gasteiger partial charge in [0.05, 0.1) is 31.0 Å². The molecule has 1 spiro atoms. The predicted molar refractivity (Wildman–Crippen MR) is 95.8 cm³/mol. The van der Waals surface area contributed by atoms with Gasteiger partial charge in [-0.25, -0.2) is 0 Å². The average Bonchev–Trinajstić information content (AvgIpc) is 3.27. The Hall–Kier alpha value is -1.89. The molecule has 4 heterocycles. The molecule has 3 aliphatic heterocycles. The van der Waals surface area contributed by atoms with Crippen LogP contribution in [0.5, 0.6) is 0 Å². The molecule has 1 aromatic rings. The van der Waals surface area contributed by atoms with Crippen LogP contribution in [0.1, 0.15) is 47.4 Å². The van der Waals surface area contributed by atoms with Gasteiger partial charge in [-0.15, -0.1) is 0 Å². The minimum Gasteiger partial charge on any atom is -0.371 e. The molecule has 0 aromatic carbocycles. The zero-order valence-corrected chi connectivity index (χ0v) is 16.0. The van der Waals surface area contributed by atoms with Gasteiger partial charge < -0.3 is 14.5 Å². The lowest BCUT2D eigenvalue weighted by atomic mass is 9.85. The van der Waals surface area contributed by atoms with Crippen molar-refractivity contribution in [2.45, 2.75) is 45.1 Å². The first-order chi connectivity index (χ1) is 12.4. The maximum absolute atomic E-state index is 12.8. The van der Waals surface area contributed by atoms with E-state index >= 15 is 0 Å². The molecule has 0 saturated carbocycles. The molecule has 26 heavy (non-hydrogen) atoms. The molecule has 0 radical (unpaired) electrons. The topological polar surface area (TPSA) is 67.7 Å². The van der Waals surface area contributed by atoms with E-state index in [2.05, 4.69) is 5.10 Å². The highest BCUT2D eigenvalue weighted by Crippen LogP contribution is 2.40. The Morgan fingerprint density at radius 3 is 2.50 bits per heavy atom. The lowest BCUT2D eigenvalue weighted by molar-refractivity contribution is -0.131. The molecule has 1 aromatic heterocycles. The van der Waals surface area contributed by atoms with Crippen LogP contribution in [0.2, 0.25) is 0 Å². The van der Waals surface area contributed by atoms with E-state index in [1.165, 1.54) is 0 Å². The summed E-state index contributed by atoms with van der Waals surface area (Å²) < 4.78 is 7.80. The molecule has 0 N–H and O–H groups in total. The molecule has 7 nitrogen and oxygen atoms in total. The largest absolute Gasteiger partial charge is 0.371 e. The number of aryl methyl sites for hydroxylation is 2. The second kappa shape index (κ2) is 6.37. The van der Waals surface area contributed by atoms with Crippen LogP contribution in [0.15, 0.2) is 0 Å². The number of ether oxygens (including phenoxy) is 1. The second-order valence-electron chi connectivity index (χ2n) is 8.19. The molecule has 3 fully saturated rings. The summed E-state index contributed by atoms with van der Waals surface area (Å²) in [6.45, 7) is 7.48. The fraction of sp³-hybridized carbons (Fsp3) is 0.737. The monoisotopic (exact) mass is 360 g/mol. The Labute approximate surface area is 154 Å². The fourth-order valence-electron chi connectivity index (χ4n) is 4.67. The molecule has 1 unspecified atom stereocenters. The SMILES string of the molecule is Cc1nn(C)c(C)c1C(=O)N1CC2(CC(CC(=O)N3CCCC3)CO2)C1. The Balaban J connectivity index is 1.33. The van der Waals surface area contributed by atoms with Crippen molar-refractivity contribution in [2.24, 2.45) is 13.0 Å². The number of carbonyl (C=O) groups excluding carboxylic acids is 2. The summed E-state index contributed by atoms with van der Waals surface area (Å²) in [6, 6.07) is 0. The van der Waals surface area contributed by atoms with E-state index in [-0.39, 0.29) is 23.3 Å². The molecule has 2 amide bonds. The maximum Gasteiger partial charge on any atom is 0.257 e. The van der Waals surface area contributed by atoms with Crippen LogP contribution in [-0.2, 0) is 16.6 Å². The Morgan fingerprint density at radius 1 is 1.19 bits per heavy atom. The van der Waals surface area contributed by atoms with Crippen LogP contribution in [-0.4, -0.2) is 69.8 Å². The Morgan fingerprint density at radius 2 is 1.88 bits per heavy atom. The van der Waals surface area contributed by atoms with Gasteiger partial charge in [-0.05, 0) is 39.0 Å². The van der Waals surface area contributed by atoms with Gasteiger partial charge in [-0.3, -0.25) is 14.3 Å². The molecule has 0 aliphatic carbocycles. The highest BCUT2D eigenvalue weighted by molar-refractivity contribution is 5.97. The lowest BCUT2D eigenvalue weighted by Crippen LogP contribution is -2.63. The van der Waals surface area contributed by atoms with Crippen LogP contribution in [0.4, 0.5) is 0 Å². The summed E-state index contributed by atoms with van der Waals surface area (Å²) in [7, 11) is 1.86. The van der Waals surface area contributed by atoms with Gasteiger partial charge in [-0.2, -0.15) is 5.10 Å². The van der Waals surface area contributed by atoms with E-state index in [4.69, 9.17) is 4.74 Å². The fourth-order valence-corrected chi connectivity index (χ4v) is 4.67. The van der Waals surface area contributed by atoms with Crippen molar-refractivity contribution in [2.75, 3.05) is 32.8 Å². The van der Waals surface area contributed by atoms with Gasteiger partial charge in [0.1, 0.15) is 5.60 Å². The van der Waals surface area contributed by atoms with E-state index in [1.54, 1.807) is 4.68 Å². The van der Waals surface area contributed by atoms with E-state index < -0.39 is 0 Å². The Kier molecular flexibility index (Phi) is 4.29. The number of aromatic nitrogens is 2. The molecule has 0 bridgehead atoms. The lowest BCUT2D eigenvalue weighted by Gasteiger charge is -2.47. The number of carbonyl (C=O) groups is 2. The van der Waals surface area contributed by atoms with E-state index in [0.29, 0.717) is 31.7 Å². The summed E-state index contributed by atoms with van der Waals surface area (Å²) in [5.74, 6) is 0.586. The van der Waals surface area contributed by atoms with E-state index in [1.807, 2.05) is 30.7 Å². The molecule has 142 valence electrons. The third kappa shape index (κ3) is 2.92. The maximum atomic E-state index is 12.8. The van der Waals surface area contributed by atoms with Gasteiger partial charge >= 0.3 is 0 Å². The van der Waals surface area contributed by atoms with Crippen molar-refractivity contribution in [3.8, 4) is 0 Å². The van der Waals surface area contributed by atoms with Crippen LogP contribution in [0.25, 0.3) is 0 Å². The first kappa shape index (κ1) is 17.5. The van der Waals surface area contributed by atoms with Crippen molar-refractivity contribution in [1.82, 2.24) is 19.6 Å². The van der Waals surface area contributed by atoms with Crippen molar-refractivity contribution < 1.29 is 14.3 Å². The second-order valence-corrected chi connectivity index (χ2v) is 8.19. The molecule has 3 saturated heterocycles. The predicted octanol–water partition coefficient (Wildman–Crippen LogP) is 1.28. The minimum atomic E-state index is -0.240. The van der Waals surface area contributed by atoms with Crippen molar-refractivity contribution in [3.05, 3.63) is 17.0 Å². The van der Waals surface area contributed by atoms with Gasteiger partial charge in [0, 0.05) is 32.3 Å². The first-order valence-electron chi connectivity index (χ1n) is 9.60. The number of rotatable bonds is 3. The zero-order chi connectivity index (χ0) is 18.5. The molecule has 7 heteroatoms.